The van der Waals surface area contributed by atoms with Gasteiger partial charge in [-0.05, 0) is 6.92 Å². The van der Waals surface area contributed by atoms with Crippen molar-refractivity contribution in [2.45, 2.75) is 26.1 Å². The summed E-state index contributed by atoms with van der Waals surface area (Å²) in [6.07, 6.45) is -0.855. The molecule has 0 saturated carbocycles. The van der Waals surface area contributed by atoms with Gasteiger partial charge in [0.2, 0.25) is 0 Å². The fraction of sp³-hybridized carbons (Fsp3) is 0.750. The van der Waals surface area contributed by atoms with E-state index < -0.39 is 18.2 Å². The summed E-state index contributed by atoms with van der Waals surface area (Å²) in [5.41, 5.74) is 0. The molecule has 6 nitrogen and oxygen atoms in total. The van der Waals surface area contributed by atoms with Crippen molar-refractivity contribution in [2.75, 3.05) is 11.5 Å². The Bertz CT molecular complexity index is 155. The number of rotatable bonds is 4. The van der Waals surface area contributed by atoms with Gasteiger partial charge in [0.25, 0.3) is 0 Å². The first-order valence-corrected chi connectivity index (χ1v) is 5.55. The molecule has 0 aliphatic carbocycles. The minimum absolute atomic E-state index is 0.156. The highest BCUT2D eigenvalue weighted by Gasteiger charge is 1.88. The molecule has 0 amide bonds. The summed E-state index contributed by atoms with van der Waals surface area (Å²) in [7, 11) is 0. The highest BCUT2D eigenvalue weighted by molar-refractivity contribution is 7.80. The van der Waals surface area contributed by atoms with Crippen LogP contribution in [0.3, 0.4) is 0 Å². The Morgan fingerprint density at radius 1 is 1.00 bits per heavy atom. The summed E-state index contributed by atoms with van der Waals surface area (Å²) in [5, 5.41) is 31.0. The summed E-state index contributed by atoms with van der Waals surface area (Å²) < 4.78 is 0. The Morgan fingerprint density at radius 3 is 1.19 bits per heavy atom. The van der Waals surface area contributed by atoms with Crippen LogP contribution in [0.4, 0.5) is 0 Å². The van der Waals surface area contributed by atoms with Crippen LogP contribution in [0, 0.1) is 0 Å². The Labute approximate surface area is 105 Å². The molecule has 8 heteroatoms. The highest BCUT2D eigenvalue weighted by Crippen LogP contribution is 1.80. The predicted octanol–water partition coefficient (Wildman–Crippen LogP) is 0.0988. The second-order valence-electron chi connectivity index (χ2n) is 2.37. The summed E-state index contributed by atoms with van der Waals surface area (Å²) in [6, 6.07) is 0. The van der Waals surface area contributed by atoms with Gasteiger partial charge < -0.3 is 20.4 Å². The molecule has 0 saturated heterocycles. The highest BCUT2D eigenvalue weighted by atomic mass is 32.1. The molecule has 0 radical (unpaired) electrons. The molecule has 16 heavy (non-hydrogen) atoms. The fourth-order valence-corrected chi connectivity index (χ4v) is 0.574. The van der Waals surface area contributed by atoms with Crippen LogP contribution in [0.5, 0.6) is 0 Å². The number of hydrogen-bond donors (Lipinski definition) is 6. The summed E-state index contributed by atoms with van der Waals surface area (Å²) >= 11 is 7.36. The number of carboxylic acids is 2. The summed E-state index contributed by atoms with van der Waals surface area (Å²) in [5.74, 6) is -0.722. The van der Waals surface area contributed by atoms with Gasteiger partial charge in [0, 0.05) is 11.5 Å². The van der Waals surface area contributed by atoms with Gasteiger partial charge >= 0.3 is 11.9 Å². The SMILES string of the molecule is CC(O)O.O=C(O)CCS.O=C(O)CCS. The molecule has 0 heterocycles. The topological polar surface area (TPSA) is 115 Å². The number of aliphatic carboxylic acids is 2. The third kappa shape index (κ3) is 69.2. The maximum Gasteiger partial charge on any atom is 0.304 e. The zero-order chi connectivity index (χ0) is 13.6. The van der Waals surface area contributed by atoms with Crippen LogP contribution in [0.2, 0.25) is 0 Å². The van der Waals surface area contributed by atoms with E-state index >= 15 is 0 Å². The van der Waals surface area contributed by atoms with Crippen LogP contribution < -0.4 is 0 Å². The van der Waals surface area contributed by atoms with Gasteiger partial charge in [0.05, 0.1) is 12.8 Å². The summed E-state index contributed by atoms with van der Waals surface area (Å²) in [4.78, 5) is 19.1. The molecule has 0 bridgehead atoms. The third-order valence-corrected chi connectivity index (χ3v) is 1.10. The smallest absolute Gasteiger partial charge is 0.304 e. The minimum atomic E-state index is -1.17. The molecule has 0 aromatic heterocycles. The number of carboxylic acid groups (broad SMARTS) is 2. The quantitative estimate of drug-likeness (QED) is 0.320. The molecular formula is C8H18O6S2. The molecule has 0 aliphatic rings. The van der Waals surface area contributed by atoms with Crippen molar-refractivity contribution < 1.29 is 30.0 Å². The number of aliphatic hydroxyl groups excluding tert-OH is 1. The minimum Gasteiger partial charge on any atom is -0.481 e. The van der Waals surface area contributed by atoms with Gasteiger partial charge in [-0.1, -0.05) is 0 Å². The molecule has 0 atom stereocenters. The lowest BCUT2D eigenvalue weighted by molar-refractivity contribution is -0.137. The van der Waals surface area contributed by atoms with Crippen molar-refractivity contribution in [1.82, 2.24) is 0 Å². The Kier molecular flexibility index (Phi) is 22.2. The van der Waals surface area contributed by atoms with Crippen LogP contribution in [-0.2, 0) is 9.59 Å². The first-order chi connectivity index (χ1) is 7.27. The van der Waals surface area contributed by atoms with Crippen molar-refractivity contribution in [3.63, 3.8) is 0 Å². The number of thiol groups is 2. The molecule has 0 rings (SSSR count). The van der Waals surface area contributed by atoms with Crippen LogP contribution in [0.15, 0.2) is 0 Å². The standard InChI is InChI=1S/2C3H6O2S.C2H6O2/c2*4-3(5)1-2-6;1-2(3)4/h2*6H,1-2H2,(H,4,5);2-4H,1H3. The van der Waals surface area contributed by atoms with Crippen molar-refractivity contribution in [2.24, 2.45) is 0 Å². The monoisotopic (exact) mass is 274 g/mol. The summed E-state index contributed by atoms with van der Waals surface area (Å²) in [6.45, 7) is 1.28. The lowest BCUT2D eigenvalue weighted by atomic mass is 10.5. The second kappa shape index (κ2) is 17.0. The third-order valence-electron chi connectivity index (χ3n) is 0.651. The molecule has 0 aromatic rings. The molecule has 0 unspecified atom stereocenters. The van der Waals surface area contributed by atoms with Gasteiger partial charge in [-0.3, -0.25) is 9.59 Å². The number of aliphatic hydroxyl groups is 2. The largest absolute Gasteiger partial charge is 0.481 e. The van der Waals surface area contributed by atoms with E-state index in [9.17, 15) is 9.59 Å². The first kappa shape index (κ1) is 20.9. The van der Waals surface area contributed by atoms with Gasteiger partial charge in [-0.25, -0.2) is 0 Å². The molecule has 0 spiro atoms. The first-order valence-electron chi connectivity index (χ1n) is 4.29. The number of carbonyl (C=O) groups is 2. The van der Waals surface area contributed by atoms with Crippen molar-refractivity contribution in [1.29, 1.82) is 0 Å². The molecular weight excluding hydrogens is 256 g/mol. The van der Waals surface area contributed by atoms with Gasteiger partial charge in [-0.15, -0.1) is 0 Å². The van der Waals surface area contributed by atoms with Crippen LogP contribution in [-0.4, -0.2) is 50.2 Å². The van der Waals surface area contributed by atoms with Crippen molar-refractivity contribution in [3.8, 4) is 0 Å². The van der Waals surface area contributed by atoms with E-state index in [-0.39, 0.29) is 12.8 Å². The lowest BCUT2D eigenvalue weighted by Crippen LogP contribution is -1.93. The Hall–Kier alpha value is -0.440. The number of hydrogen-bond acceptors (Lipinski definition) is 6. The Balaban J connectivity index is -0.000000162. The molecule has 98 valence electrons. The van der Waals surface area contributed by atoms with E-state index in [0.29, 0.717) is 11.5 Å². The second-order valence-corrected chi connectivity index (χ2v) is 3.26. The predicted molar refractivity (Wildman–Crippen MR) is 66.1 cm³/mol. The molecule has 0 aliphatic heterocycles. The lowest BCUT2D eigenvalue weighted by Gasteiger charge is -1.80. The molecule has 0 aromatic carbocycles. The normalized spacial score (nSPS) is 8.38. The van der Waals surface area contributed by atoms with Crippen LogP contribution in [0.1, 0.15) is 19.8 Å². The zero-order valence-electron chi connectivity index (χ0n) is 8.91. The van der Waals surface area contributed by atoms with Crippen molar-refractivity contribution >= 4 is 37.2 Å². The van der Waals surface area contributed by atoms with Crippen LogP contribution in [0.25, 0.3) is 0 Å². The Morgan fingerprint density at radius 2 is 1.19 bits per heavy atom. The average molecular weight is 274 g/mol. The van der Waals surface area contributed by atoms with Crippen LogP contribution >= 0.6 is 25.3 Å². The van der Waals surface area contributed by atoms with E-state index in [0.717, 1.165) is 0 Å². The van der Waals surface area contributed by atoms with Gasteiger partial charge in [0.1, 0.15) is 6.29 Å². The maximum atomic E-state index is 9.55. The average Bonchev–Trinajstić information content (AvgIpc) is 2.02. The van der Waals surface area contributed by atoms with E-state index in [2.05, 4.69) is 25.3 Å². The van der Waals surface area contributed by atoms with Gasteiger partial charge in [0.15, 0.2) is 0 Å². The van der Waals surface area contributed by atoms with E-state index in [1.165, 1.54) is 6.92 Å². The fourth-order valence-electron chi connectivity index (χ4n) is 0.191. The van der Waals surface area contributed by atoms with E-state index in [1.807, 2.05) is 0 Å². The maximum absolute atomic E-state index is 9.55. The van der Waals surface area contributed by atoms with E-state index in [1.54, 1.807) is 0 Å². The van der Waals surface area contributed by atoms with Gasteiger partial charge in [-0.2, -0.15) is 25.3 Å². The molecule has 4 N–H and O–H groups in total. The van der Waals surface area contributed by atoms with E-state index in [4.69, 9.17) is 20.4 Å². The zero-order valence-corrected chi connectivity index (χ0v) is 10.7. The molecule has 0 fully saturated rings. The van der Waals surface area contributed by atoms with Crippen molar-refractivity contribution in [3.05, 3.63) is 0 Å².